The first-order valence-corrected chi connectivity index (χ1v) is 8.69. The lowest BCUT2D eigenvalue weighted by Crippen LogP contribution is -2.32. The van der Waals surface area contributed by atoms with E-state index < -0.39 is 12.0 Å². The zero-order valence-corrected chi connectivity index (χ0v) is 15.8. The molecule has 2 amide bonds. The molecule has 0 aromatic heterocycles. The van der Waals surface area contributed by atoms with Crippen LogP contribution in [0.25, 0.3) is 0 Å². The van der Waals surface area contributed by atoms with E-state index in [0.717, 1.165) is 5.75 Å². The molecule has 0 atom stereocenters. The Balaban J connectivity index is 1.81. The normalized spacial score (nSPS) is 10.0. The van der Waals surface area contributed by atoms with E-state index in [1.54, 1.807) is 12.1 Å². The minimum atomic E-state index is -0.516. The van der Waals surface area contributed by atoms with Crippen molar-refractivity contribution in [1.29, 1.82) is 0 Å². The number of urea groups is 1. The standard InChI is InChI=1S/C19H21ClN2O5/c1-3-26-14-5-4-6-15(12-14)27-10-9-21-19(24)22-17-11-13(18(23)25-2)7-8-16(17)20/h4-8,11-12H,3,9-10H2,1-2H3,(H2,21,22,24). The molecule has 2 aromatic rings. The van der Waals surface area contributed by atoms with Gasteiger partial charge >= 0.3 is 12.0 Å². The summed E-state index contributed by atoms with van der Waals surface area (Å²) in [7, 11) is 1.28. The average molecular weight is 393 g/mol. The molecule has 2 N–H and O–H groups in total. The highest BCUT2D eigenvalue weighted by molar-refractivity contribution is 6.33. The van der Waals surface area contributed by atoms with E-state index >= 15 is 0 Å². The van der Waals surface area contributed by atoms with Crippen LogP contribution in [0.4, 0.5) is 10.5 Å². The lowest BCUT2D eigenvalue weighted by atomic mass is 10.2. The van der Waals surface area contributed by atoms with Crippen LogP contribution in [0.5, 0.6) is 11.5 Å². The van der Waals surface area contributed by atoms with E-state index in [0.29, 0.717) is 23.1 Å². The Kier molecular flexibility index (Phi) is 7.76. The number of carbonyl (C=O) groups excluding carboxylic acids is 2. The average Bonchev–Trinajstić information content (AvgIpc) is 2.67. The molecule has 0 saturated heterocycles. The Morgan fingerprint density at radius 1 is 1.07 bits per heavy atom. The van der Waals surface area contributed by atoms with Crippen LogP contribution >= 0.6 is 11.6 Å². The molecule has 0 unspecified atom stereocenters. The van der Waals surface area contributed by atoms with Gasteiger partial charge in [-0.05, 0) is 37.3 Å². The van der Waals surface area contributed by atoms with E-state index in [1.807, 2.05) is 19.1 Å². The first-order chi connectivity index (χ1) is 13.0. The van der Waals surface area contributed by atoms with Gasteiger partial charge in [0.15, 0.2) is 0 Å². The molecule has 2 aromatic carbocycles. The van der Waals surface area contributed by atoms with Crippen LogP contribution in [0.1, 0.15) is 17.3 Å². The summed E-state index contributed by atoms with van der Waals surface area (Å²) in [5, 5.41) is 5.55. The second-order valence-electron chi connectivity index (χ2n) is 5.32. The zero-order valence-electron chi connectivity index (χ0n) is 15.1. The monoisotopic (exact) mass is 392 g/mol. The molecule has 7 nitrogen and oxygen atoms in total. The molecule has 144 valence electrons. The molecule has 0 radical (unpaired) electrons. The van der Waals surface area contributed by atoms with Gasteiger partial charge in [-0.25, -0.2) is 9.59 Å². The number of amides is 2. The van der Waals surface area contributed by atoms with Crippen LogP contribution in [0.3, 0.4) is 0 Å². The number of benzene rings is 2. The number of hydrogen-bond donors (Lipinski definition) is 2. The van der Waals surface area contributed by atoms with Crippen LogP contribution in [0.2, 0.25) is 5.02 Å². The van der Waals surface area contributed by atoms with Crippen molar-refractivity contribution < 1.29 is 23.8 Å². The second-order valence-corrected chi connectivity index (χ2v) is 5.73. The molecule has 0 bridgehead atoms. The van der Waals surface area contributed by atoms with Crippen molar-refractivity contribution in [3.8, 4) is 11.5 Å². The summed E-state index contributed by atoms with van der Waals surface area (Å²) in [6.45, 7) is 3.03. The molecular weight excluding hydrogens is 372 g/mol. The number of halogens is 1. The molecule has 0 heterocycles. The van der Waals surface area contributed by atoms with Crippen molar-refractivity contribution in [1.82, 2.24) is 5.32 Å². The van der Waals surface area contributed by atoms with Crippen LogP contribution < -0.4 is 20.1 Å². The van der Waals surface area contributed by atoms with E-state index in [1.165, 1.54) is 25.3 Å². The maximum absolute atomic E-state index is 12.0. The molecule has 0 saturated carbocycles. The first kappa shape index (κ1) is 20.4. The van der Waals surface area contributed by atoms with Crippen LogP contribution in [0, 0.1) is 0 Å². The second kappa shape index (κ2) is 10.3. The molecule has 0 fully saturated rings. The van der Waals surface area contributed by atoms with Gasteiger partial charge in [-0.2, -0.15) is 0 Å². The van der Waals surface area contributed by atoms with Gasteiger partial charge < -0.3 is 24.8 Å². The highest BCUT2D eigenvalue weighted by Gasteiger charge is 2.11. The van der Waals surface area contributed by atoms with Gasteiger partial charge in [0, 0.05) is 6.07 Å². The van der Waals surface area contributed by atoms with Crippen molar-refractivity contribution in [2.45, 2.75) is 6.92 Å². The smallest absolute Gasteiger partial charge is 0.337 e. The molecule has 0 spiro atoms. The van der Waals surface area contributed by atoms with Gasteiger partial charge in [0.1, 0.15) is 18.1 Å². The number of anilines is 1. The quantitative estimate of drug-likeness (QED) is 0.528. The van der Waals surface area contributed by atoms with Crippen LogP contribution in [-0.2, 0) is 4.74 Å². The third-order valence-electron chi connectivity index (χ3n) is 3.41. The highest BCUT2D eigenvalue weighted by Crippen LogP contribution is 2.23. The number of hydrogen-bond acceptors (Lipinski definition) is 5. The van der Waals surface area contributed by atoms with Gasteiger partial charge in [-0.15, -0.1) is 0 Å². The van der Waals surface area contributed by atoms with Gasteiger partial charge in [-0.3, -0.25) is 0 Å². The summed E-state index contributed by atoms with van der Waals surface area (Å²) >= 11 is 6.04. The topological polar surface area (TPSA) is 85.9 Å². The van der Waals surface area contributed by atoms with E-state index in [9.17, 15) is 9.59 Å². The summed E-state index contributed by atoms with van der Waals surface area (Å²) in [6.07, 6.45) is 0. The van der Waals surface area contributed by atoms with Crippen molar-refractivity contribution in [2.75, 3.05) is 32.2 Å². The predicted octanol–water partition coefficient (Wildman–Crippen LogP) is 3.73. The summed E-state index contributed by atoms with van der Waals surface area (Å²) < 4.78 is 15.6. The minimum Gasteiger partial charge on any atom is -0.494 e. The zero-order chi connectivity index (χ0) is 19.6. The maximum Gasteiger partial charge on any atom is 0.337 e. The summed E-state index contributed by atoms with van der Waals surface area (Å²) in [6, 6.07) is 11.3. The fourth-order valence-corrected chi connectivity index (χ4v) is 2.35. The lowest BCUT2D eigenvalue weighted by Gasteiger charge is -2.11. The summed E-state index contributed by atoms with van der Waals surface area (Å²) in [4.78, 5) is 23.5. The van der Waals surface area contributed by atoms with Crippen molar-refractivity contribution in [3.05, 3.63) is 53.1 Å². The highest BCUT2D eigenvalue weighted by atomic mass is 35.5. The number of nitrogens with one attached hydrogen (secondary N) is 2. The maximum atomic E-state index is 12.0. The molecule has 8 heteroatoms. The van der Waals surface area contributed by atoms with Gasteiger partial charge in [-0.1, -0.05) is 17.7 Å². The third kappa shape index (κ3) is 6.38. The van der Waals surface area contributed by atoms with Gasteiger partial charge in [0.2, 0.25) is 0 Å². The molecule has 0 aliphatic rings. The number of esters is 1. The van der Waals surface area contributed by atoms with Crippen LogP contribution in [0.15, 0.2) is 42.5 Å². The first-order valence-electron chi connectivity index (χ1n) is 8.32. The molecule has 0 aliphatic heterocycles. The Bertz CT molecular complexity index is 797. The molecule has 2 rings (SSSR count). The van der Waals surface area contributed by atoms with Gasteiger partial charge in [0.05, 0.1) is 36.5 Å². The van der Waals surface area contributed by atoms with Gasteiger partial charge in [0.25, 0.3) is 0 Å². The number of carbonyl (C=O) groups is 2. The Hall–Kier alpha value is -2.93. The number of rotatable bonds is 8. The number of ether oxygens (including phenoxy) is 3. The number of methoxy groups -OCH3 is 1. The van der Waals surface area contributed by atoms with E-state index in [2.05, 4.69) is 15.4 Å². The Morgan fingerprint density at radius 3 is 2.52 bits per heavy atom. The molecule has 0 aliphatic carbocycles. The lowest BCUT2D eigenvalue weighted by molar-refractivity contribution is 0.0600. The largest absolute Gasteiger partial charge is 0.494 e. The Morgan fingerprint density at radius 2 is 1.81 bits per heavy atom. The SMILES string of the molecule is CCOc1cccc(OCCNC(=O)Nc2cc(C(=O)OC)ccc2Cl)c1. The fraction of sp³-hybridized carbons (Fsp3) is 0.263. The van der Waals surface area contributed by atoms with Crippen molar-refractivity contribution in [2.24, 2.45) is 0 Å². The van der Waals surface area contributed by atoms with E-state index in [4.69, 9.17) is 21.1 Å². The molecule has 27 heavy (non-hydrogen) atoms. The van der Waals surface area contributed by atoms with Crippen LogP contribution in [-0.4, -0.2) is 38.9 Å². The van der Waals surface area contributed by atoms with E-state index in [-0.39, 0.29) is 18.7 Å². The minimum absolute atomic E-state index is 0.277. The fourth-order valence-electron chi connectivity index (χ4n) is 2.19. The van der Waals surface area contributed by atoms with Crippen molar-refractivity contribution >= 4 is 29.3 Å². The predicted molar refractivity (Wildman–Crippen MR) is 103 cm³/mol. The summed E-state index contributed by atoms with van der Waals surface area (Å²) in [5.74, 6) is 0.857. The van der Waals surface area contributed by atoms with Crippen molar-refractivity contribution in [3.63, 3.8) is 0 Å². The third-order valence-corrected chi connectivity index (χ3v) is 3.74. The molecular formula is C19H21ClN2O5. The summed E-state index contributed by atoms with van der Waals surface area (Å²) in [5.41, 5.74) is 0.595. The Labute approximate surface area is 162 Å².